The summed E-state index contributed by atoms with van der Waals surface area (Å²) in [6.45, 7) is -0.258. The summed E-state index contributed by atoms with van der Waals surface area (Å²) in [7, 11) is -5.80. The zero-order valence-electron chi connectivity index (χ0n) is 17.3. The van der Waals surface area contributed by atoms with Crippen molar-refractivity contribution in [2.45, 2.75) is 30.4 Å². The first-order valence-electron chi connectivity index (χ1n) is 8.92. The molecule has 1 aliphatic rings. The normalized spacial score (nSPS) is 19.0. The molecule has 0 saturated carbocycles. The number of sulfonamides is 2. The molecule has 2 unspecified atom stereocenters. The first kappa shape index (κ1) is 25.5. The van der Waals surface area contributed by atoms with Crippen molar-refractivity contribution in [2.24, 2.45) is 0 Å². The third-order valence-corrected chi connectivity index (χ3v) is 6.13. The number of carbonyl (C=O) groups excluding carboxylic acids is 3. The van der Waals surface area contributed by atoms with E-state index >= 15 is 0 Å². The largest absolute Gasteiger partial charge is 0.465 e. The van der Waals surface area contributed by atoms with E-state index in [1.54, 1.807) is 4.72 Å². The fourth-order valence-electron chi connectivity index (χ4n) is 2.63. The van der Waals surface area contributed by atoms with Gasteiger partial charge in [0.05, 0.1) is 25.3 Å². The van der Waals surface area contributed by atoms with Crippen LogP contribution in [0.25, 0.3) is 0 Å². The summed E-state index contributed by atoms with van der Waals surface area (Å²) in [6.07, 6.45) is -0.908. The summed E-state index contributed by atoms with van der Waals surface area (Å²) < 4.78 is 61.7. The SMILES string of the molecule is COC(=O)c1ccc(CNS(C)(=O)=O)cc1S(=O)(=O)NC(=O)NC1NC(=O)CC(OC)N1. The Morgan fingerprint density at radius 2 is 1.88 bits per heavy atom. The molecule has 32 heavy (non-hydrogen) atoms. The molecule has 3 amide bonds. The average molecular weight is 494 g/mol. The topological polar surface area (TPSA) is 198 Å². The Morgan fingerprint density at radius 3 is 2.47 bits per heavy atom. The lowest BCUT2D eigenvalue weighted by Gasteiger charge is -2.30. The van der Waals surface area contributed by atoms with Crippen molar-refractivity contribution in [2.75, 3.05) is 20.5 Å². The quantitative estimate of drug-likeness (QED) is 0.249. The molecule has 1 fully saturated rings. The van der Waals surface area contributed by atoms with Crippen molar-refractivity contribution < 1.29 is 40.7 Å². The molecular weight excluding hydrogens is 470 g/mol. The van der Waals surface area contributed by atoms with E-state index in [4.69, 9.17) is 4.74 Å². The molecule has 16 heteroatoms. The van der Waals surface area contributed by atoms with Crippen LogP contribution in [0, 0.1) is 0 Å². The summed E-state index contributed by atoms with van der Waals surface area (Å²) in [6, 6.07) is 2.27. The van der Waals surface area contributed by atoms with E-state index in [9.17, 15) is 31.2 Å². The van der Waals surface area contributed by atoms with Gasteiger partial charge in [0.2, 0.25) is 15.9 Å². The van der Waals surface area contributed by atoms with Crippen molar-refractivity contribution in [1.82, 2.24) is 25.4 Å². The number of esters is 1. The highest BCUT2D eigenvalue weighted by molar-refractivity contribution is 7.90. The second-order valence-electron chi connectivity index (χ2n) is 6.59. The third-order valence-electron chi connectivity index (χ3n) is 4.10. The lowest BCUT2D eigenvalue weighted by molar-refractivity contribution is -0.129. The van der Waals surface area contributed by atoms with Crippen molar-refractivity contribution >= 4 is 38.0 Å². The van der Waals surface area contributed by atoms with Gasteiger partial charge in [-0.05, 0) is 17.7 Å². The highest BCUT2D eigenvalue weighted by Gasteiger charge is 2.29. The van der Waals surface area contributed by atoms with Gasteiger partial charge in [-0.15, -0.1) is 0 Å². The number of carbonyl (C=O) groups is 3. The minimum atomic E-state index is -4.62. The Kier molecular flexibility index (Phi) is 8.13. The van der Waals surface area contributed by atoms with Gasteiger partial charge in [-0.1, -0.05) is 6.07 Å². The zero-order chi connectivity index (χ0) is 24.1. The second-order valence-corrected chi connectivity index (χ2v) is 10.1. The lowest BCUT2D eigenvalue weighted by Crippen LogP contribution is -2.65. The molecule has 0 aliphatic carbocycles. The summed E-state index contributed by atoms with van der Waals surface area (Å²) in [5.41, 5.74) is -0.174. The molecule has 178 valence electrons. The number of hydrogen-bond donors (Lipinski definition) is 5. The predicted molar refractivity (Wildman–Crippen MR) is 109 cm³/mol. The maximum Gasteiger partial charge on any atom is 0.339 e. The van der Waals surface area contributed by atoms with Gasteiger partial charge >= 0.3 is 12.0 Å². The Hall–Kier alpha value is -2.79. The van der Waals surface area contributed by atoms with Crippen LogP contribution >= 0.6 is 0 Å². The number of rotatable bonds is 8. The smallest absolute Gasteiger partial charge is 0.339 e. The highest BCUT2D eigenvalue weighted by Crippen LogP contribution is 2.19. The Morgan fingerprint density at radius 1 is 1.19 bits per heavy atom. The van der Waals surface area contributed by atoms with Crippen LogP contribution in [0.1, 0.15) is 22.3 Å². The molecule has 14 nitrogen and oxygen atoms in total. The number of urea groups is 1. The maximum absolute atomic E-state index is 12.8. The highest BCUT2D eigenvalue weighted by atomic mass is 32.2. The van der Waals surface area contributed by atoms with E-state index in [0.717, 1.165) is 25.5 Å². The Labute approximate surface area is 184 Å². The van der Waals surface area contributed by atoms with Gasteiger partial charge in [-0.3, -0.25) is 10.1 Å². The van der Waals surface area contributed by atoms with Crippen LogP contribution in [0.4, 0.5) is 4.79 Å². The number of benzene rings is 1. The number of nitrogens with one attached hydrogen (secondary N) is 5. The molecule has 2 rings (SSSR count). The van der Waals surface area contributed by atoms with Crippen molar-refractivity contribution in [3.8, 4) is 0 Å². The molecule has 0 radical (unpaired) electrons. The number of amides is 3. The van der Waals surface area contributed by atoms with Gasteiger partial charge in [0, 0.05) is 13.7 Å². The van der Waals surface area contributed by atoms with Gasteiger partial charge in [-0.2, -0.15) is 0 Å². The Bertz CT molecular complexity index is 1100. The molecule has 0 spiro atoms. The lowest BCUT2D eigenvalue weighted by atomic mass is 10.1. The van der Waals surface area contributed by atoms with Crippen LogP contribution < -0.4 is 25.4 Å². The molecular formula is C16H23N5O9S2. The van der Waals surface area contributed by atoms with Crippen LogP contribution in [-0.4, -0.2) is 67.7 Å². The standard InChI is InChI=1S/C16H23N5O9S2/c1-29-13-7-12(22)18-15(19-13)20-16(24)21-32(27,28)11-6-9(8-17-31(3,25)26)4-5-10(11)14(23)30-2/h4-6,13,15,17,19H,7-8H2,1-3H3,(H,18,22)(H2,20,21,24). The fraction of sp³-hybridized carbons (Fsp3) is 0.438. The number of ether oxygens (including phenoxy) is 2. The first-order valence-corrected chi connectivity index (χ1v) is 12.3. The second kappa shape index (κ2) is 10.2. The molecule has 1 aromatic carbocycles. The molecule has 5 N–H and O–H groups in total. The summed E-state index contributed by atoms with van der Waals surface area (Å²) >= 11 is 0. The minimum absolute atomic E-state index is 0.00854. The summed E-state index contributed by atoms with van der Waals surface area (Å²) in [5.74, 6) is -1.43. The van der Waals surface area contributed by atoms with Crippen molar-refractivity contribution in [3.63, 3.8) is 0 Å². The first-order chi connectivity index (χ1) is 14.8. The van der Waals surface area contributed by atoms with Crippen LogP contribution in [0.5, 0.6) is 0 Å². The van der Waals surface area contributed by atoms with Gasteiger partial charge in [0.15, 0.2) is 6.29 Å². The number of hydrogen-bond acceptors (Lipinski definition) is 10. The van der Waals surface area contributed by atoms with E-state index in [1.165, 1.54) is 13.2 Å². The van der Waals surface area contributed by atoms with Crippen molar-refractivity contribution in [1.29, 1.82) is 0 Å². The summed E-state index contributed by atoms with van der Waals surface area (Å²) in [5, 5.41) is 7.29. The van der Waals surface area contributed by atoms with E-state index < -0.39 is 55.4 Å². The van der Waals surface area contributed by atoms with Crippen LogP contribution in [0.3, 0.4) is 0 Å². The van der Waals surface area contributed by atoms with Crippen LogP contribution in [0.2, 0.25) is 0 Å². The van der Waals surface area contributed by atoms with Crippen LogP contribution in [0.15, 0.2) is 23.1 Å². The molecule has 0 aromatic heterocycles. The van der Waals surface area contributed by atoms with E-state index in [2.05, 4.69) is 25.4 Å². The molecule has 1 aromatic rings. The fourth-order valence-corrected chi connectivity index (χ4v) is 4.22. The van der Waals surface area contributed by atoms with Crippen LogP contribution in [-0.2, 0) is 40.9 Å². The predicted octanol–water partition coefficient (Wildman–Crippen LogP) is -2.12. The molecule has 1 heterocycles. The van der Waals surface area contributed by atoms with E-state index in [-0.39, 0.29) is 24.1 Å². The molecule has 0 bridgehead atoms. The maximum atomic E-state index is 12.8. The summed E-state index contributed by atoms with van der Waals surface area (Å²) in [4.78, 5) is 35.3. The third kappa shape index (κ3) is 7.13. The van der Waals surface area contributed by atoms with Gasteiger partial charge in [-0.25, -0.2) is 35.9 Å². The van der Waals surface area contributed by atoms with Crippen molar-refractivity contribution in [3.05, 3.63) is 29.3 Å². The monoisotopic (exact) mass is 493 g/mol. The molecule has 1 aliphatic heterocycles. The van der Waals surface area contributed by atoms with Gasteiger partial charge in [0.1, 0.15) is 11.1 Å². The van der Waals surface area contributed by atoms with Gasteiger partial charge < -0.3 is 20.1 Å². The molecule has 1 saturated heterocycles. The Balaban J connectivity index is 2.25. The van der Waals surface area contributed by atoms with E-state index in [1.807, 2.05) is 0 Å². The van der Waals surface area contributed by atoms with E-state index in [0.29, 0.717) is 0 Å². The molecule has 2 atom stereocenters. The number of methoxy groups -OCH3 is 2. The average Bonchev–Trinajstić information content (AvgIpc) is 2.69. The minimum Gasteiger partial charge on any atom is -0.465 e. The zero-order valence-corrected chi connectivity index (χ0v) is 18.9. The van der Waals surface area contributed by atoms with Gasteiger partial charge in [0.25, 0.3) is 10.0 Å².